The van der Waals surface area contributed by atoms with Gasteiger partial charge < -0.3 is 15.4 Å². The van der Waals surface area contributed by atoms with E-state index in [4.69, 9.17) is 17.0 Å². The van der Waals surface area contributed by atoms with Crippen molar-refractivity contribution in [2.24, 2.45) is 0 Å². The molecule has 1 rings (SSSR count). The molecule has 0 heterocycles. The van der Waals surface area contributed by atoms with Gasteiger partial charge in [0.25, 0.3) is 0 Å². The van der Waals surface area contributed by atoms with Crippen LogP contribution >= 0.6 is 12.2 Å². The Bertz CT molecular complexity index is 461. The first kappa shape index (κ1) is 15.4. The number of thiocarbonyl (C=S) groups is 1. The molecule has 0 fully saturated rings. The second-order valence-corrected chi connectivity index (χ2v) is 4.72. The Balaban J connectivity index is 2.61. The minimum absolute atomic E-state index is 0.0639. The van der Waals surface area contributed by atoms with E-state index in [1.165, 1.54) is 0 Å². The standard InChI is InChI=1S/C14H20N2O2S/c1-4-5-6-13(17)16-14(19)15-11-9-10(2)7-8-12(11)18-3/h7-9H,4-6H2,1-3H3,(H2,15,16,17,19). The Labute approximate surface area is 119 Å². The van der Waals surface area contributed by atoms with Gasteiger partial charge in [-0.05, 0) is 43.3 Å². The highest BCUT2D eigenvalue weighted by atomic mass is 32.1. The molecule has 0 aliphatic carbocycles. The van der Waals surface area contributed by atoms with Crippen LogP contribution in [-0.4, -0.2) is 18.1 Å². The number of anilines is 1. The van der Waals surface area contributed by atoms with Crippen LogP contribution in [0.15, 0.2) is 18.2 Å². The van der Waals surface area contributed by atoms with Crippen molar-refractivity contribution >= 4 is 28.9 Å². The molecule has 0 bridgehead atoms. The molecule has 0 aromatic heterocycles. The summed E-state index contributed by atoms with van der Waals surface area (Å²) in [5.41, 5.74) is 1.84. The SMILES string of the molecule is CCCCC(=O)NC(=S)Nc1cc(C)ccc1OC. The van der Waals surface area contributed by atoms with Crippen LogP contribution in [0, 0.1) is 6.92 Å². The molecule has 1 aromatic rings. The average molecular weight is 280 g/mol. The minimum atomic E-state index is -0.0639. The summed E-state index contributed by atoms with van der Waals surface area (Å²) in [5, 5.41) is 5.94. The maximum absolute atomic E-state index is 11.6. The van der Waals surface area contributed by atoms with Gasteiger partial charge in [-0.3, -0.25) is 4.79 Å². The summed E-state index contributed by atoms with van der Waals surface area (Å²) < 4.78 is 5.24. The Morgan fingerprint density at radius 3 is 2.79 bits per heavy atom. The Morgan fingerprint density at radius 2 is 2.16 bits per heavy atom. The van der Waals surface area contributed by atoms with Crippen molar-refractivity contribution in [1.82, 2.24) is 5.32 Å². The number of hydrogen-bond acceptors (Lipinski definition) is 3. The molecule has 5 heteroatoms. The number of hydrogen-bond donors (Lipinski definition) is 2. The summed E-state index contributed by atoms with van der Waals surface area (Å²) in [4.78, 5) is 11.6. The maximum Gasteiger partial charge on any atom is 0.226 e. The predicted octanol–water partition coefficient (Wildman–Crippen LogP) is 3.01. The molecule has 1 aromatic carbocycles. The van der Waals surface area contributed by atoms with E-state index in [1.54, 1.807) is 7.11 Å². The normalized spacial score (nSPS) is 9.84. The van der Waals surface area contributed by atoms with Gasteiger partial charge in [0.2, 0.25) is 5.91 Å². The van der Waals surface area contributed by atoms with Crippen molar-refractivity contribution in [3.05, 3.63) is 23.8 Å². The number of benzene rings is 1. The molecule has 0 spiro atoms. The number of nitrogens with one attached hydrogen (secondary N) is 2. The fourth-order valence-electron chi connectivity index (χ4n) is 1.60. The van der Waals surface area contributed by atoms with Crippen LogP contribution < -0.4 is 15.4 Å². The molecule has 0 aliphatic rings. The highest BCUT2D eigenvalue weighted by molar-refractivity contribution is 7.80. The monoisotopic (exact) mass is 280 g/mol. The number of carbonyl (C=O) groups excluding carboxylic acids is 1. The lowest BCUT2D eigenvalue weighted by atomic mass is 10.2. The summed E-state index contributed by atoms with van der Waals surface area (Å²) >= 11 is 5.11. The zero-order valence-corrected chi connectivity index (χ0v) is 12.4. The third-order valence-corrected chi connectivity index (χ3v) is 2.82. The molecule has 0 aliphatic heterocycles. The number of carbonyl (C=O) groups is 1. The molecule has 0 radical (unpaired) electrons. The van der Waals surface area contributed by atoms with Gasteiger partial charge in [0.15, 0.2) is 5.11 Å². The number of rotatable bonds is 5. The van der Waals surface area contributed by atoms with E-state index in [9.17, 15) is 4.79 Å². The molecule has 0 saturated carbocycles. The van der Waals surface area contributed by atoms with Crippen LogP contribution in [0.4, 0.5) is 5.69 Å². The molecule has 1 amide bonds. The molecule has 4 nitrogen and oxygen atoms in total. The number of ether oxygens (including phenoxy) is 1. The van der Waals surface area contributed by atoms with E-state index in [-0.39, 0.29) is 5.91 Å². The molecule has 0 unspecified atom stereocenters. The van der Waals surface area contributed by atoms with Gasteiger partial charge in [-0.25, -0.2) is 0 Å². The third kappa shape index (κ3) is 5.26. The molecular weight excluding hydrogens is 260 g/mol. The first-order chi connectivity index (χ1) is 9.06. The first-order valence-corrected chi connectivity index (χ1v) is 6.73. The summed E-state index contributed by atoms with van der Waals surface area (Å²) in [6, 6.07) is 5.73. The van der Waals surface area contributed by atoms with E-state index in [1.807, 2.05) is 32.0 Å². The predicted molar refractivity (Wildman–Crippen MR) is 81.6 cm³/mol. The van der Waals surface area contributed by atoms with Crippen LogP contribution in [0.1, 0.15) is 31.7 Å². The van der Waals surface area contributed by atoms with Crippen molar-refractivity contribution in [2.75, 3.05) is 12.4 Å². The maximum atomic E-state index is 11.6. The van der Waals surface area contributed by atoms with Crippen LogP contribution in [0.3, 0.4) is 0 Å². The van der Waals surface area contributed by atoms with Crippen LogP contribution in [0.2, 0.25) is 0 Å². The highest BCUT2D eigenvalue weighted by Crippen LogP contribution is 2.24. The lowest BCUT2D eigenvalue weighted by Crippen LogP contribution is -2.34. The molecular formula is C14H20N2O2S. The van der Waals surface area contributed by atoms with E-state index >= 15 is 0 Å². The average Bonchev–Trinajstić information content (AvgIpc) is 2.36. The van der Waals surface area contributed by atoms with Gasteiger partial charge >= 0.3 is 0 Å². The van der Waals surface area contributed by atoms with E-state index < -0.39 is 0 Å². The topological polar surface area (TPSA) is 50.4 Å². The minimum Gasteiger partial charge on any atom is -0.495 e. The number of methoxy groups -OCH3 is 1. The van der Waals surface area contributed by atoms with Gasteiger partial charge in [0.1, 0.15) is 5.75 Å². The van der Waals surface area contributed by atoms with Gasteiger partial charge in [0, 0.05) is 6.42 Å². The summed E-state index contributed by atoms with van der Waals surface area (Å²) in [6.45, 7) is 4.02. The van der Waals surface area contributed by atoms with Crippen LogP contribution in [0.5, 0.6) is 5.75 Å². The second-order valence-electron chi connectivity index (χ2n) is 4.31. The van der Waals surface area contributed by atoms with Crippen molar-refractivity contribution in [1.29, 1.82) is 0 Å². The number of amides is 1. The molecule has 0 atom stereocenters. The van der Waals surface area contributed by atoms with Gasteiger partial charge in [-0.1, -0.05) is 19.4 Å². The molecule has 104 valence electrons. The lowest BCUT2D eigenvalue weighted by molar-refractivity contribution is -0.119. The Kier molecular flexibility index (Phi) is 6.29. The zero-order chi connectivity index (χ0) is 14.3. The fraction of sp³-hybridized carbons (Fsp3) is 0.429. The van der Waals surface area contributed by atoms with Crippen molar-refractivity contribution in [3.63, 3.8) is 0 Å². The summed E-state index contributed by atoms with van der Waals surface area (Å²) in [5.74, 6) is 0.627. The van der Waals surface area contributed by atoms with E-state index in [0.717, 1.165) is 24.1 Å². The highest BCUT2D eigenvalue weighted by Gasteiger charge is 2.07. The lowest BCUT2D eigenvalue weighted by Gasteiger charge is -2.13. The van der Waals surface area contributed by atoms with Crippen LogP contribution in [0.25, 0.3) is 0 Å². The van der Waals surface area contributed by atoms with Crippen LogP contribution in [-0.2, 0) is 4.79 Å². The smallest absolute Gasteiger partial charge is 0.226 e. The fourth-order valence-corrected chi connectivity index (χ4v) is 1.82. The van der Waals surface area contributed by atoms with Gasteiger partial charge in [-0.15, -0.1) is 0 Å². The van der Waals surface area contributed by atoms with Crippen molar-refractivity contribution in [3.8, 4) is 5.75 Å². The first-order valence-electron chi connectivity index (χ1n) is 6.32. The zero-order valence-electron chi connectivity index (χ0n) is 11.6. The number of aryl methyl sites for hydroxylation is 1. The summed E-state index contributed by atoms with van der Waals surface area (Å²) in [6.07, 6.45) is 2.34. The van der Waals surface area contributed by atoms with Gasteiger partial charge in [0.05, 0.1) is 12.8 Å². The van der Waals surface area contributed by atoms with E-state index in [0.29, 0.717) is 17.3 Å². The summed E-state index contributed by atoms with van der Waals surface area (Å²) in [7, 11) is 1.60. The number of unbranched alkanes of at least 4 members (excludes halogenated alkanes) is 1. The Morgan fingerprint density at radius 1 is 1.42 bits per heavy atom. The Hall–Kier alpha value is -1.62. The van der Waals surface area contributed by atoms with Crippen molar-refractivity contribution in [2.45, 2.75) is 33.1 Å². The molecule has 19 heavy (non-hydrogen) atoms. The second kappa shape index (κ2) is 7.74. The molecule has 2 N–H and O–H groups in total. The van der Waals surface area contributed by atoms with E-state index in [2.05, 4.69) is 10.6 Å². The molecule has 0 saturated heterocycles. The third-order valence-electron chi connectivity index (χ3n) is 2.61. The van der Waals surface area contributed by atoms with Crippen molar-refractivity contribution < 1.29 is 9.53 Å². The quantitative estimate of drug-likeness (QED) is 0.814. The van der Waals surface area contributed by atoms with Gasteiger partial charge in [-0.2, -0.15) is 0 Å². The largest absolute Gasteiger partial charge is 0.495 e.